The lowest BCUT2D eigenvalue weighted by Crippen LogP contribution is -2.37. The highest BCUT2D eigenvalue weighted by molar-refractivity contribution is 5.94. The quantitative estimate of drug-likeness (QED) is 0.629. The molecule has 0 aliphatic heterocycles. The molecule has 0 saturated heterocycles. The number of nitriles is 1. The molecule has 1 aliphatic rings. The Morgan fingerprint density at radius 2 is 1.94 bits per heavy atom. The maximum Gasteiger partial charge on any atom is 0.251 e. The van der Waals surface area contributed by atoms with E-state index in [1.807, 2.05) is 12.1 Å². The zero-order valence-electron chi connectivity index (χ0n) is 18.8. The molecule has 0 fully saturated rings. The molecule has 2 aromatic rings. The van der Waals surface area contributed by atoms with E-state index in [2.05, 4.69) is 48.5 Å². The average Bonchev–Trinajstić information content (AvgIpc) is 2.79. The first kappa shape index (κ1) is 23.2. The molecule has 1 aromatic heterocycles. The van der Waals surface area contributed by atoms with E-state index >= 15 is 0 Å². The van der Waals surface area contributed by atoms with Gasteiger partial charge in [0.2, 0.25) is 5.91 Å². The van der Waals surface area contributed by atoms with Crippen molar-refractivity contribution >= 4 is 17.6 Å². The molecular weight excluding hydrogens is 400 g/mol. The van der Waals surface area contributed by atoms with Crippen molar-refractivity contribution in [2.24, 2.45) is 23.7 Å². The number of nitrogens with zero attached hydrogens (tertiary/aromatic N) is 2. The molecular formula is C26H30N4O2. The van der Waals surface area contributed by atoms with Crippen molar-refractivity contribution in [3.8, 4) is 6.07 Å². The van der Waals surface area contributed by atoms with Crippen LogP contribution in [0.5, 0.6) is 0 Å². The summed E-state index contributed by atoms with van der Waals surface area (Å²) in [6.07, 6.45) is 5.22. The molecule has 0 saturated carbocycles. The minimum absolute atomic E-state index is 0.0310. The number of carbonyl (C=O) groups is 2. The number of anilines is 1. The molecule has 3 atom stereocenters. The molecule has 32 heavy (non-hydrogen) atoms. The average molecular weight is 431 g/mol. The Bertz CT molecular complexity index is 1010. The Balaban J connectivity index is 1.62. The Morgan fingerprint density at radius 3 is 2.56 bits per heavy atom. The number of amides is 2. The van der Waals surface area contributed by atoms with E-state index in [1.165, 1.54) is 5.57 Å². The number of pyridine rings is 1. The minimum Gasteiger partial charge on any atom is -0.351 e. The molecule has 0 bridgehead atoms. The van der Waals surface area contributed by atoms with Crippen LogP contribution in [0.15, 0.2) is 60.3 Å². The minimum atomic E-state index is -0.139. The van der Waals surface area contributed by atoms with Gasteiger partial charge < -0.3 is 10.6 Å². The number of carbonyl (C=O) groups excluding carboxylic acids is 2. The van der Waals surface area contributed by atoms with Crippen molar-refractivity contribution in [2.75, 3.05) is 11.9 Å². The topological polar surface area (TPSA) is 94.9 Å². The van der Waals surface area contributed by atoms with E-state index < -0.39 is 0 Å². The summed E-state index contributed by atoms with van der Waals surface area (Å²) in [7, 11) is 0. The number of rotatable bonds is 7. The van der Waals surface area contributed by atoms with Crippen molar-refractivity contribution in [1.29, 1.82) is 5.26 Å². The molecule has 1 aliphatic carbocycles. The molecule has 166 valence electrons. The van der Waals surface area contributed by atoms with E-state index in [-0.39, 0.29) is 23.7 Å². The lowest BCUT2D eigenvalue weighted by molar-refractivity contribution is -0.117. The predicted octanol–water partition coefficient (Wildman–Crippen LogP) is 4.57. The van der Waals surface area contributed by atoms with Gasteiger partial charge >= 0.3 is 0 Å². The van der Waals surface area contributed by atoms with Crippen LogP contribution < -0.4 is 10.6 Å². The second-order valence-electron chi connectivity index (χ2n) is 8.78. The number of nitrogens with one attached hydrogen (secondary N) is 2. The maximum absolute atomic E-state index is 12.6. The Morgan fingerprint density at radius 1 is 1.19 bits per heavy atom. The zero-order valence-corrected chi connectivity index (χ0v) is 18.8. The molecule has 2 N–H and O–H groups in total. The molecule has 0 radical (unpaired) electrons. The van der Waals surface area contributed by atoms with Crippen LogP contribution in [0.3, 0.4) is 0 Å². The summed E-state index contributed by atoms with van der Waals surface area (Å²) in [6.45, 7) is 7.01. The van der Waals surface area contributed by atoms with Crippen molar-refractivity contribution in [2.45, 2.75) is 33.6 Å². The highest BCUT2D eigenvalue weighted by Gasteiger charge is 2.32. The Kier molecular flexibility index (Phi) is 7.77. The van der Waals surface area contributed by atoms with Gasteiger partial charge in [-0.3, -0.25) is 9.59 Å². The van der Waals surface area contributed by atoms with Crippen molar-refractivity contribution in [3.05, 3.63) is 71.4 Å². The summed E-state index contributed by atoms with van der Waals surface area (Å²) >= 11 is 0. The van der Waals surface area contributed by atoms with Gasteiger partial charge in [-0.05, 0) is 73.4 Å². The largest absolute Gasteiger partial charge is 0.351 e. The highest BCUT2D eigenvalue weighted by atomic mass is 16.2. The summed E-state index contributed by atoms with van der Waals surface area (Å²) in [5.41, 5.74) is 2.27. The fourth-order valence-corrected chi connectivity index (χ4v) is 4.37. The van der Waals surface area contributed by atoms with Crippen molar-refractivity contribution < 1.29 is 9.59 Å². The number of hydrogen-bond acceptors (Lipinski definition) is 4. The second-order valence-corrected chi connectivity index (χ2v) is 8.78. The van der Waals surface area contributed by atoms with Gasteiger partial charge in [-0.1, -0.05) is 31.6 Å². The van der Waals surface area contributed by atoms with Gasteiger partial charge in [0.15, 0.2) is 0 Å². The molecule has 6 nitrogen and oxygen atoms in total. The van der Waals surface area contributed by atoms with E-state index in [4.69, 9.17) is 5.26 Å². The van der Waals surface area contributed by atoms with E-state index in [0.717, 1.165) is 6.42 Å². The predicted molar refractivity (Wildman–Crippen MR) is 125 cm³/mol. The number of aromatic nitrogens is 1. The molecule has 6 heteroatoms. The van der Waals surface area contributed by atoms with Crippen LogP contribution in [0.1, 0.15) is 49.5 Å². The van der Waals surface area contributed by atoms with E-state index in [0.29, 0.717) is 41.7 Å². The van der Waals surface area contributed by atoms with Crippen molar-refractivity contribution in [3.63, 3.8) is 0 Å². The third-order valence-corrected chi connectivity index (χ3v) is 6.22. The SMILES string of the molecule is CC1=C[C@@H](CNC(=O)c2ccc(C#N)cc2)[C@H](C(C)C)C[C@H]1CC(=O)Nc1ccccn1. The fourth-order valence-electron chi connectivity index (χ4n) is 4.37. The monoisotopic (exact) mass is 430 g/mol. The van der Waals surface area contributed by atoms with Crippen LogP contribution in [0.4, 0.5) is 5.82 Å². The van der Waals surface area contributed by atoms with Crippen LogP contribution in [0.2, 0.25) is 0 Å². The molecule has 2 amide bonds. The van der Waals surface area contributed by atoms with Gasteiger partial charge in [0.25, 0.3) is 5.91 Å². The summed E-state index contributed by atoms with van der Waals surface area (Å²) < 4.78 is 0. The second kappa shape index (κ2) is 10.7. The summed E-state index contributed by atoms with van der Waals surface area (Å²) in [5, 5.41) is 14.8. The third kappa shape index (κ3) is 6.04. The maximum atomic E-state index is 12.6. The van der Waals surface area contributed by atoms with Gasteiger partial charge in [0, 0.05) is 24.7 Å². The fraction of sp³-hybridized carbons (Fsp3) is 0.385. The normalized spacial score (nSPS) is 20.2. The Hall–Kier alpha value is -3.46. The lowest BCUT2D eigenvalue weighted by atomic mass is 9.69. The first-order chi connectivity index (χ1) is 15.4. The zero-order chi connectivity index (χ0) is 23.1. The lowest BCUT2D eigenvalue weighted by Gasteiger charge is -2.37. The van der Waals surface area contributed by atoms with Gasteiger partial charge in [-0.2, -0.15) is 5.26 Å². The molecule has 3 rings (SSSR count). The molecule has 1 heterocycles. The van der Waals surface area contributed by atoms with Crippen molar-refractivity contribution in [1.82, 2.24) is 10.3 Å². The summed E-state index contributed by atoms with van der Waals surface area (Å²) in [6, 6.07) is 14.2. The smallest absolute Gasteiger partial charge is 0.251 e. The highest BCUT2D eigenvalue weighted by Crippen LogP contribution is 2.38. The number of hydrogen-bond donors (Lipinski definition) is 2. The van der Waals surface area contributed by atoms with Gasteiger partial charge in [0.1, 0.15) is 5.82 Å². The molecule has 0 unspecified atom stereocenters. The number of benzene rings is 1. The van der Waals surface area contributed by atoms with E-state index in [1.54, 1.807) is 36.5 Å². The summed E-state index contributed by atoms with van der Waals surface area (Å²) in [4.78, 5) is 29.3. The molecule has 0 spiro atoms. The Labute approximate surface area is 189 Å². The van der Waals surface area contributed by atoms with E-state index in [9.17, 15) is 9.59 Å². The number of allylic oxidation sites excluding steroid dienone is 1. The van der Waals surface area contributed by atoms with Gasteiger partial charge in [-0.25, -0.2) is 4.98 Å². The van der Waals surface area contributed by atoms with Crippen LogP contribution in [0.25, 0.3) is 0 Å². The molecule has 1 aromatic carbocycles. The third-order valence-electron chi connectivity index (χ3n) is 6.22. The van der Waals surface area contributed by atoms with Crippen LogP contribution >= 0.6 is 0 Å². The standard InChI is InChI=1S/C26H30N4O2/c1-17(2)23-13-21(14-25(31)30-24-6-4-5-11-28-24)18(3)12-22(23)16-29-26(32)20-9-7-19(15-27)8-10-20/h4-12,17,21-23H,13-14,16H2,1-3H3,(H,29,32)(H,28,30,31)/t21-,22-,23-/m0/s1. The first-order valence-corrected chi connectivity index (χ1v) is 11.0. The van der Waals surface area contributed by atoms with Gasteiger partial charge in [-0.15, -0.1) is 0 Å². The summed E-state index contributed by atoms with van der Waals surface area (Å²) in [5.74, 6) is 1.59. The van der Waals surface area contributed by atoms with Gasteiger partial charge in [0.05, 0.1) is 11.6 Å². The van der Waals surface area contributed by atoms with Crippen LogP contribution in [-0.4, -0.2) is 23.3 Å². The first-order valence-electron chi connectivity index (χ1n) is 11.0. The van der Waals surface area contributed by atoms with Crippen LogP contribution in [0, 0.1) is 35.0 Å². The van der Waals surface area contributed by atoms with Crippen LogP contribution in [-0.2, 0) is 4.79 Å².